The topological polar surface area (TPSA) is 46.0 Å². The first kappa shape index (κ1) is 18.0. The highest BCUT2D eigenvalue weighted by Crippen LogP contribution is 2.38. The molecule has 0 N–H and O–H groups in total. The zero-order valence-corrected chi connectivity index (χ0v) is 13.1. The first-order valence-corrected chi connectivity index (χ1v) is 6.87. The molecule has 0 saturated heterocycles. The lowest BCUT2D eigenvalue weighted by atomic mass is 9.80. The fraction of sp³-hybridized carbons (Fsp3) is 0.667. The zero-order chi connectivity index (χ0) is 17.2. The van der Waals surface area contributed by atoms with Gasteiger partial charge < -0.3 is 0 Å². The lowest BCUT2D eigenvalue weighted by Crippen LogP contribution is -2.31. The molecule has 120 valence electrons. The molecule has 1 heterocycles. The maximum Gasteiger partial charge on any atom is 0.389 e. The molecule has 7 heteroatoms. The Morgan fingerprint density at radius 1 is 1.36 bits per heavy atom. The smallest absolute Gasteiger partial charge is 0.293 e. The number of nitrogens with zero attached hydrogens (tertiary/aromatic N) is 4. The molecule has 0 amide bonds. The molecule has 0 spiro atoms. The molecule has 1 rings (SSSR count). The molecule has 0 saturated carbocycles. The van der Waals surface area contributed by atoms with Crippen LogP contribution < -0.4 is 0 Å². The monoisotopic (exact) mass is 312 g/mol. The summed E-state index contributed by atoms with van der Waals surface area (Å²) in [7, 11) is 0. The first-order valence-electron chi connectivity index (χ1n) is 6.87. The van der Waals surface area contributed by atoms with Gasteiger partial charge in [0.25, 0.3) is 0 Å². The number of rotatable bonds is 4. The summed E-state index contributed by atoms with van der Waals surface area (Å²) in [5.41, 5.74) is -1.42. The van der Waals surface area contributed by atoms with Gasteiger partial charge >= 0.3 is 11.7 Å². The van der Waals surface area contributed by atoms with Gasteiger partial charge in [0, 0.05) is 18.2 Å². The Hall–Kier alpha value is -2.02. The van der Waals surface area contributed by atoms with Crippen LogP contribution in [0.2, 0.25) is 0 Å². The van der Waals surface area contributed by atoms with E-state index in [-0.39, 0.29) is 5.54 Å². The molecule has 2 atom stereocenters. The van der Waals surface area contributed by atoms with Crippen LogP contribution in [0.25, 0.3) is 4.85 Å². The van der Waals surface area contributed by atoms with E-state index in [4.69, 9.17) is 6.57 Å². The van der Waals surface area contributed by atoms with Crippen LogP contribution >= 0.6 is 0 Å². The van der Waals surface area contributed by atoms with Gasteiger partial charge in [-0.15, -0.1) is 0 Å². The van der Waals surface area contributed by atoms with Crippen molar-refractivity contribution in [3.05, 3.63) is 29.4 Å². The zero-order valence-electron chi connectivity index (χ0n) is 13.1. The van der Waals surface area contributed by atoms with Crippen LogP contribution in [0.3, 0.4) is 0 Å². The van der Waals surface area contributed by atoms with Crippen molar-refractivity contribution < 1.29 is 13.2 Å². The van der Waals surface area contributed by atoms with E-state index in [1.165, 1.54) is 6.20 Å². The molecule has 0 fully saturated rings. The molecule has 1 aromatic heterocycles. The van der Waals surface area contributed by atoms with E-state index in [9.17, 15) is 18.4 Å². The van der Waals surface area contributed by atoms with Crippen molar-refractivity contribution in [3.63, 3.8) is 0 Å². The van der Waals surface area contributed by atoms with E-state index < -0.39 is 30.5 Å². The summed E-state index contributed by atoms with van der Waals surface area (Å²) in [5, 5.41) is 13.5. The highest BCUT2D eigenvalue weighted by Gasteiger charge is 2.47. The number of alkyl halides is 3. The minimum Gasteiger partial charge on any atom is -0.293 e. The van der Waals surface area contributed by atoms with Gasteiger partial charge in [-0.1, -0.05) is 0 Å². The summed E-state index contributed by atoms with van der Waals surface area (Å²) in [6.07, 6.45) is -2.88. The van der Waals surface area contributed by atoms with Crippen molar-refractivity contribution >= 4 is 0 Å². The highest BCUT2D eigenvalue weighted by atomic mass is 19.4. The second kappa shape index (κ2) is 6.00. The molecule has 0 bridgehead atoms. The Morgan fingerprint density at radius 2 is 1.95 bits per heavy atom. The minimum absolute atomic E-state index is 0.280. The Balaban J connectivity index is 3.09. The van der Waals surface area contributed by atoms with Crippen LogP contribution in [0.4, 0.5) is 13.2 Å². The third-order valence-electron chi connectivity index (χ3n) is 3.69. The average molecular weight is 312 g/mol. The van der Waals surface area contributed by atoms with Gasteiger partial charge in [0.2, 0.25) is 0 Å². The number of hydrogen-bond donors (Lipinski definition) is 0. The van der Waals surface area contributed by atoms with E-state index in [0.29, 0.717) is 5.56 Å². The number of nitriles is 1. The molecule has 1 aromatic rings. The average Bonchev–Trinajstić information content (AvgIpc) is 2.88. The first-order chi connectivity index (χ1) is 9.95. The summed E-state index contributed by atoms with van der Waals surface area (Å²) in [6, 6.07) is 1.79. The van der Waals surface area contributed by atoms with Gasteiger partial charge in [0.15, 0.2) is 6.07 Å². The molecule has 0 aliphatic carbocycles. The molecule has 0 aliphatic heterocycles. The molecule has 2 unspecified atom stereocenters. The number of hydrogen-bond acceptors (Lipinski definition) is 2. The molecule has 0 radical (unpaired) electrons. The van der Waals surface area contributed by atoms with Crippen molar-refractivity contribution in [1.29, 1.82) is 5.26 Å². The summed E-state index contributed by atoms with van der Waals surface area (Å²) in [5.74, 6) is -0.659. The molecule has 4 nitrogen and oxygen atoms in total. The summed E-state index contributed by atoms with van der Waals surface area (Å²) >= 11 is 0. The number of aromatic nitrogens is 2. The Labute approximate surface area is 128 Å². The standard InChI is InChI=1S/C15H19F3N4/c1-11(12-8-21-22(9-12)13(2,3)4)14(10-19,20-5)6-7-15(16,17)18/h8-9,11H,6-7H2,1-4H3. The Kier molecular flexibility index (Phi) is 4.92. The van der Waals surface area contributed by atoms with Crippen molar-refractivity contribution in [3.8, 4) is 6.07 Å². The second-order valence-electron chi connectivity index (χ2n) is 6.37. The van der Waals surface area contributed by atoms with Gasteiger partial charge in [0.05, 0.1) is 24.1 Å². The van der Waals surface area contributed by atoms with E-state index >= 15 is 0 Å². The summed E-state index contributed by atoms with van der Waals surface area (Å²) < 4.78 is 39.0. The largest absolute Gasteiger partial charge is 0.389 e. The van der Waals surface area contributed by atoms with Gasteiger partial charge in [-0.2, -0.15) is 23.5 Å². The van der Waals surface area contributed by atoms with E-state index in [1.807, 2.05) is 20.8 Å². The normalized spacial score (nSPS) is 16.4. The van der Waals surface area contributed by atoms with Crippen molar-refractivity contribution in [2.45, 2.75) is 63.7 Å². The number of halogens is 3. The van der Waals surface area contributed by atoms with Crippen LogP contribution in [-0.4, -0.2) is 21.5 Å². The quantitative estimate of drug-likeness (QED) is 0.780. The molecular formula is C15H19F3N4. The maximum absolute atomic E-state index is 12.5. The molecular weight excluding hydrogens is 293 g/mol. The summed E-state index contributed by atoms with van der Waals surface area (Å²) in [4.78, 5) is 3.24. The van der Waals surface area contributed by atoms with Gasteiger partial charge in [0.1, 0.15) is 0 Å². The van der Waals surface area contributed by atoms with E-state index in [1.54, 1.807) is 23.9 Å². The third kappa shape index (κ3) is 4.00. The van der Waals surface area contributed by atoms with Crippen LogP contribution in [0.15, 0.2) is 12.4 Å². The highest BCUT2D eigenvalue weighted by molar-refractivity contribution is 5.29. The minimum atomic E-state index is -4.39. The van der Waals surface area contributed by atoms with E-state index in [2.05, 4.69) is 9.94 Å². The lowest BCUT2D eigenvalue weighted by Gasteiger charge is -2.22. The fourth-order valence-electron chi connectivity index (χ4n) is 2.08. The predicted octanol–water partition coefficient (Wildman–Crippen LogP) is 4.27. The molecule has 22 heavy (non-hydrogen) atoms. The summed E-state index contributed by atoms with van der Waals surface area (Å²) in [6.45, 7) is 14.6. The maximum atomic E-state index is 12.5. The lowest BCUT2D eigenvalue weighted by molar-refractivity contribution is -0.137. The molecule has 0 aliphatic rings. The van der Waals surface area contributed by atoms with Crippen LogP contribution in [0.5, 0.6) is 0 Å². The van der Waals surface area contributed by atoms with Crippen LogP contribution in [0, 0.1) is 17.9 Å². The fourth-order valence-corrected chi connectivity index (χ4v) is 2.08. The van der Waals surface area contributed by atoms with E-state index in [0.717, 1.165) is 0 Å². The predicted molar refractivity (Wildman–Crippen MR) is 75.9 cm³/mol. The van der Waals surface area contributed by atoms with Gasteiger partial charge in [-0.3, -0.25) is 9.53 Å². The Morgan fingerprint density at radius 3 is 2.32 bits per heavy atom. The van der Waals surface area contributed by atoms with Crippen LogP contribution in [0.1, 0.15) is 52.0 Å². The van der Waals surface area contributed by atoms with Gasteiger partial charge in [-0.05, 0) is 27.7 Å². The van der Waals surface area contributed by atoms with Crippen molar-refractivity contribution in [2.75, 3.05) is 0 Å². The van der Waals surface area contributed by atoms with Crippen molar-refractivity contribution in [1.82, 2.24) is 9.78 Å². The Bertz CT molecular complexity index is 582. The molecule has 0 aromatic carbocycles. The van der Waals surface area contributed by atoms with Gasteiger partial charge in [-0.25, -0.2) is 6.57 Å². The van der Waals surface area contributed by atoms with Crippen molar-refractivity contribution in [2.24, 2.45) is 0 Å². The second-order valence-corrected chi connectivity index (χ2v) is 6.37. The SMILES string of the molecule is [C-]#[N+]C(C#N)(CCC(F)(F)F)C(C)c1cnn(C(C)(C)C)c1. The van der Waals surface area contributed by atoms with Crippen LogP contribution in [-0.2, 0) is 5.54 Å². The third-order valence-corrected chi connectivity index (χ3v) is 3.69.